The third-order valence-corrected chi connectivity index (χ3v) is 2.43. The van der Waals surface area contributed by atoms with Crippen molar-refractivity contribution in [3.05, 3.63) is 53.5 Å². The Labute approximate surface area is 106 Å². The zero-order valence-electron chi connectivity index (χ0n) is 8.96. The first kappa shape index (κ1) is 12.7. The van der Waals surface area contributed by atoms with Crippen LogP contribution in [0.4, 0.5) is 13.2 Å². The molecule has 0 radical (unpaired) electrons. The maximum atomic E-state index is 13.0. The molecule has 0 aliphatic rings. The van der Waals surface area contributed by atoms with Gasteiger partial charge < -0.3 is 4.74 Å². The number of aromatic nitrogens is 1. The number of halogens is 4. The van der Waals surface area contributed by atoms with E-state index in [1.807, 2.05) is 0 Å². The minimum atomic E-state index is -1.04. The quantitative estimate of drug-likeness (QED) is 0.788. The van der Waals surface area contributed by atoms with Crippen LogP contribution in [-0.2, 0) is 5.88 Å². The van der Waals surface area contributed by atoms with Gasteiger partial charge in [0.25, 0.3) is 0 Å². The number of pyridine rings is 1. The topological polar surface area (TPSA) is 22.1 Å². The van der Waals surface area contributed by atoms with Crippen molar-refractivity contribution in [2.45, 2.75) is 5.88 Å². The molecule has 0 aliphatic heterocycles. The lowest BCUT2D eigenvalue weighted by Crippen LogP contribution is -1.95. The standard InChI is InChI=1S/C12H7ClF3NO/c13-5-7-3-8(14)6-17-12(7)18-9-1-2-10(15)11(16)4-9/h1-4,6H,5H2. The highest BCUT2D eigenvalue weighted by Gasteiger charge is 2.09. The van der Waals surface area contributed by atoms with Gasteiger partial charge in [-0.25, -0.2) is 18.2 Å². The number of alkyl halides is 1. The summed E-state index contributed by atoms with van der Waals surface area (Å²) in [4.78, 5) is 3.70. The SMILES string of the molecule is Fc1cnc(Oc2ccc(F)c(F)c2)c(CCl)c1. The van der Waals surface area contributed by atoms with Gasteiger partial charge in [0.15, 0.2) is 11.6 Å². The molecule has 2 aromatic rings. The van der Waals surface area contributed by atoms with E-state index in [1.165, 1.54) is 6.07 Å². The molecule has 94 valence electrons. The van der Waals surface area contributed by atoms with Crippen LogP contribution >= 0.6 is 11.6 Å². The molecule has 0 atom stereocenters. The summed E-state index contributed by atoms with van der Waals surface area (Å²) >= 11 is 5.61. The Morgan fingerprint density at radius 2 is 1.89 bits per heavy atom. The van der Waals surface area contributed by atoms with Crippen LogP contribution in [0.25, 0.3) is 0 Å². The molecular formula is C12H7ClF3NO. The fourth-order valence-electron chi connectivity index (χ4n) is 1.31. The van der Waals surface area contributed by atoms with Gasteiger partial charge in [-0.3, -0.25) is 0 Å². The number of nitrogens with zero attached hydrogens (tertiary/aromatic N) is 1. The van der Waals surface area contributed by atoms with Crippen LogP contribution < -0.4 is 4.74 Å². The first-order valence-corrected chi connectivity index (χ1v) is 5.47. The average molecular weight is 274 g/mol. The smallest absolute Gasteiger partial charge is 0.223 e. The van der Waals surface area contributed by atoms with Crippen LogP contribution in [0, 0.1) is 17.5 Å². The van der Waals surface area contributed by atoms with E-state index < -0.39 is 17.5 Å². The molecule has 0 saturated heterocycles. The molecule has 0 N–H and O–H groups in total. The van der Waals surface area contributed by atoms with Gasteiger partial charge in [-0.15, -0.1) is 11.6 Å². The molecular weight excluding hydrogens is 267 g/mol. The van der Waals surface area contributed by atoms with Gasteiger partial charge in [0.05, 0.1) is 12.1 Å². The summed E-state index contributed by atoms with van der Waals surface area (Å²) in [7, 11) is 0. The van der Waals surface area contributed by atoms with E-state index in [4.69, 9.17) is 16.3 Å². The molecule has 2 nitrogen and oxygen atoms in total. The Morgan fingerprint density at radius 1 is 1.11 bits per heavy atom. The van der Waals surface area contributed by atoms with Crippen molar-refractivity contribution >= 4 is 11.6 Å². The lowest BCUT2D eigenvalue weighted by Gasteiger charge is -2.08. The summed E-state index contributed by atoms with van der Waals surface area (Å²) in [5.74, 6) is -2.47. The zero-order valence-corrected chi connectivity index (χ0v) is 9.72. The minimum absolute atomic E-state index is 0.0101. The first-order chi connectivity index (χ1) is 8.60. The Bertz CT molecular complexity index is 577. The third kappa shape index (κ3) is 2.73. The molecule has 1 aromatic carbocycles. The molecule has 1 heterocycles. The molecule has 0 aliphatic carbocycles. The molecule has 0 saturated carbocycles. The Kier molecular flexibility index (Phi) is 3.72. The molecule has 0 fully saturated rings. The van der Waals surface area contributed by atoms with Gasteiger partial charge in [-0.2, -0.15) is 0 Å². The molecule has 0 unspecified atom stereocenters. The molecule has 0 bridgehead atoms. The molecule has 6 heteroatoms. The maximum Gasteiger partial charge on any atom is 0.223 e. The number of benzene rings is 1. The maximum absolute atomic E-state index is 13.0. The van der Waals surface area contributed by atoms with E-state index in [0.717, 1.165) is 24.4 Å². The molecule has 1 aromatic heterocycles. The Balaban J connectivity index is 2.30. The monoisotopic (exact) mass is 273 g/mol. The Morgan fingerprint density at radius 3 is 2.56 bits per heavy atom. The second-order valence-electron chi connectivity index (χ2n) is 3.43. The second-order valence-corrected chi connectivity index (χ2v) is 3.70. The van der Waals surface area contributed by atoms with Gasteiger partial charge >= 0.3 is 0 Å². The van der Waals surface area contributed by atoms with E-state index in [0.29, 0.717) is 5.56 Å². The number of hydrogen-bond acceptors (Lipinski definition) is 2. The predicted octanol–water partition coefficient (Wildman–Crippen LogP) is 4.03. The minimum Gasteiger partial charge on any atom is -0.439 e. The van der Waals surface area contributed by atoms with Crippen molar-refractivity contribution < 1.29 is 17.9 Å². The lowest BCUT2D eigenvalue weighted by atomic mass is 10.3. The van der Waals surface area contributed by atoms with Gasteiger partial charge in [0.1, 0.15) is 11.6 Å². The fourth-order valence-corrected chi connectivity index (χ4v) is 1.50. The molecule has 0 spiro atoms. The number of rotatable bonds is 3. The van der Waals surface area contributed by atoms with Crippen molar-refractivity contribution in [2.24, 2.45) is 0 Å². The molecule has 0 amide bonds. The van der Waals surface area contributed by atoms with E-state index in [-0.39, 0.29) is 17.5 Å². The fraction of sp³-hybridized carbons (Fsp3) is 0.0833. The summed E-state index contributed by atoms with van der Waals surface area (Å²) in [6, 6.07) is 4.20. The van der Waals surface area contributed by atoms with Gasteiger partial charge in [0.2, 0.25) is 5.88 Å². The summed E-state index contributed by atoms with van der Waals surface area (Å²) in [5.41, 5.74) is 0.321. The van der Waals surface area contributed by atoms with Gasteiger partial charge in [-0.05, 0) is 18.2 Å². The van der Waals surface area contributed by atoms with Gasteiger partial charge in [0, 0.05) is 11.6 Å². The number of hydrogen-bond donors (Lipinski definition) is 0. The normalized spacial score (nSPS) is 10.4. The predicted molar refractivity (Wildman–Crippen MR) is 60.2 cm³/mol. The van der Waals surface area contributed by atoms with Crippen molar-refractivity contribution in [1.29, 1.82) is 0 Å². The van der Waals surface area contributed by atoms with Crippen LogP contribution in [0.15, 0.2) is 30.5 Å². The van der Waals surface area contributed by atoms with Crippen LogP contribution in [-0.4, -0.2) is 4.98 Å². The highest BCUT2D eigenvalue weighted by molar-refractivity contribution is 6.17. The van der Waals surface area contributed by atoms with Crippen molar-refractivity contribution in [3.63, 3.8) is 0 Å². The van der Waals surface area contributed by atoms with Crippen molar-refractivity contribution in [3.8, 4) is 11.6 Å². The summed E-state index contributed by atoms with van der Waals surface area (Å²) in [5, 5.41) is 0. The Hall–Kier alpha value is -1.75. The average Bonchev–Trinajstić information content (AvgIpc) is 2.36. The van der Waals surface area contributed by atoms with E-state index in [1.54, 1.807) is 0 Å². The van der Waals surface area contributed by atoms with Gasteiger partial charge in [-0.1, -0.05) is 0 Å². The zero-order chi connectivity index (χ0) is 13.1. The van der Waals surface area contributed by atoms with Crippen LogP contribution in [0.2, 0.25) is 0 Å². The highest BCUT2D eigenvalue weighted by Crippen LogP contribution is 2.25. The first-order valence-electron chi connectivity index (χ1n) is 4.93. The molecule has 2 rings (SSSR count). The second kappa shape index (κ2) is 5.27. The summed E-state index contributed by atoms with van der Waals surface area (Å²) in [6.45, 7) is 0. The lowest BCUT2D eigenvalue weighted by molar-refractivity contribution is 0.441. The van der Waals surface area contributed by atoms with E-state index in [9.17, 15) is 13.2 Å². The van der Waals surface area contributed by atoms with Crippen molar-refractivity contribution in [2.75, 3.05) is 0 Å². The van der Waals surface area contributed by atoms with E-state index in [2.05, 4.69) is 4.98 Å². The highest BCUT2D eigenvalue weighted by atomic mass is 35.5. The molecule has 18 heavy (non-hydrogen) atoms. The van der Waals surface area contributed by atoms with Crippen LogP contribution in [0.5, 0.6) is 11.6 Å². The van der Waals surface area contributed by atoms with E-state index >= 15 is 0 Å². The largest absolute Gasteiger partial charge is 0.439 e. The van der Waals surface area contributed by atoms with Crippen molar-refractivity contribution in [1.82, 2.24) is 4.98 Å². The summed E-state index contributed by atoms with van der Waals surface area (Å²) in [6.07, 6.45) is 0.950. The third-order valence-electron chi connectivity index (χ3n) is 2.14. The summed E-state index contributed by atoms with van der Waals surface area (Å²) < 4.78 is 43.8. The number of ether oxygens (including phenoxy) is 1. The van der Waals surface area contributed by atoms with Crippen LogP contribution in [0.3, 0.4) is 0 Å². The van der Waals surface area contributed by atoms with Crippen LogP contribution in [0.1, 0.15) is 5.56 Å².